The van der Waals surface area contributed by atoms with Crippen molar-refractivity contribution < 1.29 is 5.11 Å². The van der Waals surface area contributed by atoms with Crippen molar-refractivity contribution in [2.45, 2.75) is 44.4 Å². The molecule has 4 aromatic carbocycles. The van der Waals surface area contributed by atoms with E-state index in [1.54, 1.807) is 0 Å². The van der Waals surface area contributed by atoms with Crippen molar-refractivity contribution >= 4 is 6.21 Å². The van der Waals surface area contributed by atoms with Crippen LogP contribution in [0.5, 0.6) is 5.75 Å². The second-order valence-corrected chi connectivity index (χ2v) is 10.2. The van der Waals surface area contributed by atoms with E-state index in [1.165, 1.54) is 32.1 Å². The molecule has 36 heavy (non-hydrogen) atoms. The summed E-state index contributed by atoms with van der Waals surface area (Å²) in [6.45, 7) is 3.05. The van der Waals surface area contributed by atoms with Crippen LogP contribution >= 0.6 is 0 Å². The lowest BCUT2D eigenvalue weighted by atomic mass is 9.70. The third-order valence-electron chi connectivity index (χ3n) is 7.81. The van der Waals surface area contributed by atoms with Gasteiger partial charge in [-0.15, -0.1) is 0 Å². The number of hydrogen-bond donors (Lipinski definition) is 1. The van der Waals surface area contributed by atoms with Crippen LogP contribution in [0, 0.1) is 5.92 Å². The van der Waals surface area contributed by atoms with Crippen LogP contribution in [0.25, 0.3) is 11.1 Å². The van der Waals surface area contributed by atoms with E-state index in [0.29, 0.717) is 11.7 Å². The number of nitrogens with zero attached hydrogens (tertiary/aromatic N) is 1. The highest BCUT2D eigenvalue weighted by Gasteiger charge is 2.34. The summed E-state index contributed by atoms with van der Waals surface area (Å²) in [4.78, 5) is 4.84. The molecule has 2 nitrogen and oxygen atoms in total. The Bertz CT molecular complexity index is 1250. The van der Waals surface area contributed by atoms with E-state index >= 15 is 0 Å². The molecule has 0 heterocycles. The monoisotopic (exact) mass is 473 g/mol. The summed E-state index contributed by atoms with van der Waals surface area (Å²) in [6, 6.07) is 35.6. The average Bonchev–Trinajstić information content (AvgIpc) is 2.95. The molecule has 0 bridgehead atoms. The Balaban J connectivity index is 1.66. The number of hydrogen-bond acceptors (Lipinski definition) is 2. The number of phenolic OH excluding ortho intramolecular Hbond substituents is 1. The third-order valence-corrected chi connectivity index (χ3v) is 7.81. The van der Waals surface area contributed by atoms with Crippen LogP contribution in [-0.4, -0.2) is 17.9 Å². The van der Waals surface area contributed by atoms with Crippen LogP contribution in [0.4, 0.5) is 0 Å². The normalized spacial score (nSPS) is 14.8. The molecule has 5 rings (SSSR count). The quantitative estimate of drug-likeness (QED) is 0.212. The lowest BCUT2D eigenvalue weighted by Crippen LogP contribution is -2.26. The van der Waals surface area contributed by atoms with Gasteiger partial charge in [0.05, 0.1) is 0 Å². The lowest BCUT2D eigenvalue weighted by molar-refractivity contribution is 0.367. The summed E-state index contributed by atoms with van der Waals surface area (Å²) < 4.78 is 0. The van der Waals surface area contributed by atoms with Crippen LogP contribution in [-0.2, 0) is 5.41 Å². The second kappa shape index (κ2) is 11.0. The van der Waals surface area contributed by atoms with Gasteiger partial charge in [0.15, 0.2) is 0 Å². The SMILES string of the molecule is CC(c1ccccc1)(c1ccccc1)c1cc(-c2ccccc2)cc(C=NCC2CCCCC2)c1O. The number of aromatic hydroxyl groups is 1. The first-order valence-corrected chi connectivity index (χ1v) is 13.2. The highest BCUT2D eigenvalue weighted by Crippen LogP contribution is 2.45. The fraction of sp³-hybridized carbons (Fsp3) is 0.265. The molecule has 0 aromatic heterocycles. The Morgan fingerprint density at radius 3 is 1.89 bits per heavy atom. The van der Waals surface area contributed by atoms with Crippen LogP contribution < -0.4 is 0 Å². The molecule has 1 fully saturated rings. The van der Waals surface area contributed by atoms with E-state index in [1.807, 2.05) is 24.4 Å². The standard InChI is InChI=1S/C34H35NO/c1-34(30-18-10-4-11-19-30,31-20-12-5-13-21-31)32-23-28(27-16-8-3-9-17-27)22-29(33(32)36)25-35-24-26-14-6-2-7-15-26/h3-5,8-13,16-23,25-26,36H,2,6-7,14-15,24H2,1H3. The molecule has 1 aliphatic rings. The van der Waals surface area contributed by atoms with Crippen molar-refractivity contribution in [1.29, 1.82) is 0 Å². The summed E-state index contributed by atoms with van der Waals surface area (Å²) in [6.07, 6.45) is 8.39. The Labute approximate surface area is 215 Å². The van der Waals surface area contributed by atoms with Crippen LogP contribution in [0.1, 0.15) is 61.3 Å². The lowest BCUT2D eigenvalue weighted by Gasteiger charge is -2.33. The van der Waals surface area contributed by atoms with Gasteiger partial charge in [0.2, 0.25) is 0 Å². The minimum atomic E-state index is -0.538. The second-order valence-electron chi connectivity index (χ2n) is 10.2. The van der Waals surface area contributed by atoms with Crippen molar-refractivity contribution in [2.24, 2.45) is 10.9 Å². The summed E-state index contributed by atoms with van der Waals surface area (Å²) in [5, 5.41) is 11.8. The number of phenols is 1. The zero-order chi connectivity index (χ0) is 24.8. The maximum absolute atomic E-state index is 11.8. The predicted octanol–water partition coefficient (Wildman–Crippen LogP) is 8.41. The van der Waals surface area contributed by atoms with E-state index in [0.717, 1.165) is 39.9 Å². The molecule has 0 amide bonds. The molecule has 1 N–H and O–H groups in total. The minimum Gasteiger partial charge on any atom is -0.507 e. The zero-order valence-corrected chi connectivity index (χ0v) is 21.1. The van der Waals surface area contributed by atoms with E-state index in [4.69, 9.17) is 4.99 Å². The van der Waals surface area contributed by atoms with E-state index in [2.05, 4.69) is 91.9 Å². The average molecular weight is 474 g/mol. The Kier molecular flexibility index (Phi) is 7.32. The first-order valence-electron chi connectivity index (χ1n) is 13.2. The largest absolute Gasteiger partial charge is 0.507 e. The van der Waals surface area contributed by atoms with Gasteiger partial charge in [-0.25, -0.2) is 0 Å². The van der Waals surface area contributed by atoms with Crippen molar-refractivity contribution in [1.82, 2.24) is 0 Å². The van der Waals surface area contributed by atoms with E-state index < -0.39 is 5.41 Å². The van der Waals surface area contributed by atoms with Gasteiger partial charge in [0.1, 0.15) is 5.75 Å². The zero-order valence-electron chi connectivity index (χ0n) is 21.1. The molecular formula is C34H35NO. The number of rotatable bonds is 7. The molecule has 182 valence electrons. The molecule has 0 atom stereocenters. The number of aliphatic imine (C=N–C) groups is 1. The van der Waals surface area contributed by atoms with Gasteiger partial charge in [-0.1, -0.05) is 110 Å². The molecule has 4 aromatic rings. The predicted molar refractivity (Wildman–Crippen MR) is 151 cm³/mol. The van der Waals surface area contributed by atoms with E-state index in [9.17, 15) is 5.11 Å². The van der Waals surface area contributed by atoms with Gasteiger partial charge in [0.25, 0.3) is 0 Å². The Morgan fingerprint density at radius 1 is 0.750 bits per heavy atom. The molecule has 2 heteroatoms. The molecule has 0 spiro atoms. The van der Waals surface area contributed by atoms with Gasteiger partial charge in [-0.05, 0) is 60.1 Å². The van der Waals surface area contributed by atoms with Crippen molar-refractivity contribution in [3.63, 3.8) is 0 Å². The van der Waals surface area contributed by atoms with Crippen LogP contribution in [0.2, 0.25) is 0 Å². The van der Waals surface area contributed by atoms with Gasteiger partial charge < -0.3 is 5.11 Å². The van der Waals surface area contributed by atoms with Crippen LogP contribution in [0.15, 0.2) is 108 Å². The topological polar surface area (TPSA) is 32.6 Å². The molecule has 0 radical (unpaired) electrons. The summed E-state index contributed by atoms with van der Waals surface area (Å²) >= 11 is 0. The third kappa shape index (κ3) is 4.99. The maximum atomic E-state index is 11.8. The maximum Gasteiger partial charge on any atom is 0.128 e. The van der Waals surface area contributed by atoms with Crippen LogP contribution in [0.3, 0.4) is 0 Å². The van der Waals surface area contributed by atoms with Gasteiger partial charge >= 0.3 is 0 Å². The first-order chi connectivity index (χ1) is 17.7. The fourth-order valence-corrected chi connectivity index (χ4v) is 5.62. The Hall–Kier alpha value is -3.65. The summed E-state index contributed by atoms with van der Waals surface area (Å²) in [7, 11) is 0. The molecule has 0 aliphatic heterocycles. The Morgan fingerprint density at radius 2 is 1.31 bits per heavy atom. The first kappa shape index (κ1) is 24.1. The summed E-state index contributed by atoms with van der Waals surface area (Å²) in [5.74, 6) is 0.963. The van der Waals surface area contributed by atoms with Gasteiger partial charge in [-0.3, -0.25) is 4.99 Å². The molecule has 1 aliphatic carbocycles. The van der Waals surface area contributed by atoms with Gasteiger partial charge in [0, 0.05) is 29.3 Å². The molecular weight excluding hydrogens is 438 g/mol. The highest BCUT2D eigenvalue weighted by molar-refractivity contribution is 5.88. The molecule has 0 unspecified atom stereocenters. The van der Waals surface area contributed by atoms with Crippen molar-refractivity contribution in [2.75, 3.05) is 6.54 Å². The highest BCUT2D eigenvalue weighted by atomic mass is 16.3. The smallest absolute Gasteiger partial charge is 0.128 e. The van der Waals surface area contributed by atoms with Crippen molar-refractivity contribution in [3.8, 4) is 16.9 Å². The number of benzene rings is 4. The fourth-order valence-electron chi connectivity index (χ4n) is 5.62. The molecule has 0 saturated heterocycles. The van der Waals surface area contributed by atoms with E-state index in [-0.39, 0.29) is 0 Å². The van der Waals surface area contributed by atoms with Crippen molar-refractivity contribution in [3.05, 3.63) is 125 Å². The minimum absolute atomic E-state index is 0.303. The summed E-state index contributed by atoms with van der Waals surface area (Å²) in [5.41, 5.74) is 5.62. The molecule has 1 saturated carbocycles. The van der Waals surface area contributed by atoms with Gasteiger partial charge in [-0.2, -0.15) is 0 Å².